The molecule has 0 aliphatic heterocycles. The summed E-state index contributed by atoms with van der Waals surface area (Å²) in [7, 11) is 0. The monoisotopic (exact) mass is 282 g/mol. The predicted molar refractivity (Wildman–Crippen MR) is 86.2 cm³/mol. The zero-order chi connectivity index (χ0) is 14.5. The van der Waals surface area contributed by atoms with Crippen molar-refractivity contribution >= 4 is 10.9 Å². The van der Waals surface area contributed by atoms with Crippen LogP contribution in [0.15, 0.2) is 48.9 Å². The lowest BCUT2D eigenvalue weighted by atomic mass is 10.1. The number of rotatable bonds is 7. The van der Waals surface area contributed by atoms with E-state index in [1.54, 1.807) is 0 Å². The average Bonchev–Trinajstić information content (AvgIpc) is 3.14. The molecule has 0 aliphatic rings. The Bertz CT molecular complexity index is 682. The Morgan fingerprint density at radius 3 is 2.90 bits per heavy atom. The van der Waals surface area contributed by atoms with Crippen LogP contribution in [0.3, 0.4) is 0 Å². The fraction of sp³-hybridized carbons (Fsp3) is 0.353. The molecule has 0 spiro atoms. The van der Waals surface area contributed by atoms with Gasteiger partial charge in [-0.15, -0.1) is 0 Å². The summed E-state index contributed by atoms with van der Waals surface area (Å²) in [5, 5.41) is 9.01. The van der Waals surface area contributed by atoms with Gasteiger partial charge < -0.3 is 9.88 Å². The molecule has 4 nitrogen and oxygen atoms in total. The quantitative estimate of drug-likeness (QED) is 0.676. The minimum Gasteiger partial charge on any atom is -0.346 e. The van der Waals surface area contributed by atoms with E-state index in [2.05, 4.69) is 52.4 Å². The third-order valence-corrected chi connectivity index (χ3v) is 3.72. The van der Waals surface area contributed by atoms with Crippen molar-refractivity contribution in [3.8, 4) is 0 Å². The van der Waals surface area contributed by atoms with Crippen LogP contribution in [0.1, 0.15) is 18.9 Å². The summed E-state index contributed by atoms with van der Waals surface area (Å²) in [6.07, 6.45) is 7.16. The van der Waals surface area contributed by atoms with Crippen LogP contribution >= 0.6 is 0 Å². The number of benzene rings is 1. The van der Waals surface area contributed by atoms with Crippen molar-refractivity contribution in [3.05, 3.63) is 54.5 Å². The van der Waals surface area contributed by atoms with E-state index in [0.29, 0.717) is 0 Å². The highest BCUT2D eigenvalue weighted by Crippen LogP contribution is 2.18. The summed E-state index contributed by atoms with van der Waals surface area (Å²) >= 11 is 0. The van der Waals surface area contributed by atoms with Crippen LogP contribution in [0.2, 0.25) is 0 Å². The van der Waals surface area contributed by atoms with Crippen LogP contribution in [0.5, 0.6) is 0 Å². The molecule has 0 saturated carbocycles. The van der Waals surface area contributed by atoms with Crippen molar-refractivity contribution in [1.82, 2.24) is 19.7 Å². The summed E-state index contributed by atoms with van der Waals surface area (Å²) in [5.41, 5.74) is 2.64. The zero-order valence-corrected chi connectivity index (χ0v) is 12.5. The number of nitrogens with one attached hydrogen (secondary N) is 1. The molecule has 0 amide bonds. The van der Waals surface area contributed by atoms with Gasteiger partial charge in [-0.1, -0.05) is 13.0 Å². The molecule has 0 atom stereocenters. The first-order valence-corrected chi connectivity index (χ1v) is 7.63. The Balaban J connectivity index is 1.70. The van der Waals surface area contributed by atoms with E-state index in [1.165, 1.54) is 22.9 Å². The number of hydrogen-bond acceptors (Lipinski definition) is 2. The van der Waals surface area contributed by atoms with Gasteiger partial charge in [0.2, 0.25) is 0 Å². The van der Waals surface area contributed by atoms with Crippen molar-refractivity contribution in [2.24, 2.45) is 0 Å². The second-order valence-corrected chi connectivity index (χ2v) is 5.35. The molecule has 1 N–H and O–H groups in total. The fourth-order valence-electron chi connectivity index (χ4n) is 2.61. The van der Waals surface area contributed by atoms with Gasteiger partial charge in [0, 0.05) is 37.2 Å². The molecule has 4 heteroatoms. The van der Waals surface area contributed by atoms with E-state index in [4.69, 9.17) is 0 Å². The minimum absolute atomic E-state index is 0.899. The Labute approximate surface area is 125 Å². The standard InChI is InChI=1S/C17H22N4/c1-2-7-18-14-15-4-5-17-16(13-15)6-10-20(17)11-12-21-9-3-8-19-21/h3-6,8-10,13,18H,2,7,11-12,14H2,1H3. The lowest BCUT2D eigenvalue weighted by molar-refractivity contribution is 0.543. The van der Waals surface area contributed by atoms with Crippen LogP contribution in [-0.4, -0.2) is 20.9 Å². The number of fused-ring (bicyclic) bond motifs is 1. The molecule has 21 heavy (non-hydrogen) atoms. The van der Waals surface area contributed by atoms with Crippen LogP contribution < -0.4 is 5.32 Å². The first kappa shape index (κ1) is 13.9. The molecule has 110 valence electrons. The lowest BCUT2D eigenvalue weighted by Crippen LogP contribution is -2.13. The van der Waals surface area contributed by atoms with Crippen molar-refractivity contribution in [3.63, 3.8) is 0 Å². The highest BCUT2D eigenvalue weighted by molar-refractivity contribution is 5.80. The van der Waals surface area contributed by atoms with Crippen molar-refractivity contribution in [2.75, 3.05) is 6.54 Å². The summed E-state index contributed by atoms with van der Waals surface area (Å²) in [6.45, 7) is 6.05. The molecule has 3 aromatic rings. The topological polar surface area (TPSA) is 34.8 Å². The predicted octanol–water partition coefficient (Wildman–Crippen LogP) is 3.04. The average molecular weight is 282 g/mol. The van der Waals surface area contributed by atoms with Gasteiger partial charge >= 0.3 is 0 Å². The number of aryl methyl sites for hydroxylation is 2. The molecule has 1 aromatic carbocycles. The second kappa shape index (κ2) is 6.59. The van der Waals surface area contributed by atoms with E-state index in [0.717, 1.165) is 26.2 Å². The Kier molecular flexibility index (Phi) is 4.36. The molecule has 0 aliphatic carbocycles. The first-order chi connectivity index (χ1) is 10.4. The van der Waals surface area contributed by atoms with Gasteiger partial charge in [-0.2, -0.15) is 5.10 Å². The van der Waals surface area contributed by atoms with E-state index in [1.807, 2.05) is 23.1 Å². The smallest absolute Gasteiger partial charge is 0.0588 e. The number of hydrogen-bond donors (Lipinski definition) is 1. The van der Waals surface area contributed by atoms with E-state index < -0.39 is 0 Å². The van der Waals surface area contributed by atoms with Gasteiger partial charge in [0.1, 0.15) is 0 Å². The van der Waals surface area contributed by atoms with Crippen molar-refractivity contribution < 1.29 is 0 Å². The molecule has 0 saturated heterocycles. The maximum Gasteiger partial charge on any atom is 0.0588 e. The second-order valence-electron chi connectivity index (χ2n) is 5.35. The molecular formula is C17H22N4. The third kappa shape index (κ3) is 3.34. The molecule has 2 heterocycles. The van der Waals surface area contributed by atoms with Gasteiger partial charge in [0.05, 0.1) is 6.54 Å². The highest BCUT2D eigenvalue weighted by atomic mass is 15.3. The van der Waals surface area contributed by atoms with Gasteiger partial charge in [-0.05, 0) is 48.2 Å². The third-order valence-electron chi connectivity index (χ3n) is 3.72. The molecule has 0 fully saturated rings. The van der Waals surface area contributed by atoms with Crippen LogP contribution in [0, 0.1) is 0 Å². The normalized spacial score (nSPS) is 11.3. The molecule has 0 bridgehead atoms. The zero-order valence-electron chi connectivity index (χ0n) is 12.5. The van der Waals surface area contributed by atoms with Crippen molar-refractivity contribution in [2.45, 2.75) is 33.0 Å². The highest BCUT2D eigenvalue weighted by Gasteiger charge is 2.02. The van der Waals surface area contributed by atoms with Crippen LogP contribution in [0.25, 0.3) is 10.9 Å². The number of nitrogens with zero attached hydrogens (tertiary/aromatic N) is 3. The molecule has 2 aromatic heterocycles. The van der Waals surface area contributed by atoms with E-state index >= 15 is 0 Å². The van der Waals surface area contributed by atoms with Crippen molar-refractivity contribution in [1.29, 1.82) is 0 Å². The Morgan fingerprint density at radius 1 is 1.14 bits per heavy atom. The van der Waals surface area contributed by atoms with Gasteiger partial charge in [0.15, 0.2) is 0 Å². The lowest BCUT2D eigenvalue weighted by Gasteiger charge is -2.07. The SMILES string of the molecule is CCCNCc1ccc2c(ccn2CCn2cccn2)c1. The Morgan fingerprint density at radius 2 is 2.10 bits per heavy atom. The first-order valence-electron chi connectivity index (χ1n) is 7.63. The summed E-state index contributed by atoms with van der Waals surface area (Å²) in [4.78, 5) is 0. The summed E-state index contributed by atoms with van der Waals surface area (Å²) in [5.74, 6) is 0. The summed E-state index contributed by atoms with van der Waals surface area (Å²) < 4.78 is 4.26. The minimum atomic E-state index is 0.899. The Hall–Kier alpha value is -2.07. The molecule has 3 rings (SSSR count). The van der Waals surface area contributed by atoms with E-state index in [9.17, 15) is 0 Å². The summed E-state index contributed by atoms with van der Waals surface area (Å²) in [6, 6.07) is 10.9. The molecule has 0 unspecified atom stereocenters. The molecule has 0 radical (unpaired) electrons. The van der Waals surface area contributed by atoms with Crippen LogP contribution in [-0.2, 0) is 19.6 Å². The van der Waals surface area contributed by atoms with Gasteiger partial charge in [0.25, 0.3) is 0 Å². The largest absolute Gasteiger partial charge is 0.346 e. The van der Waals surface area contributed by atoms with Gasteiger partial charge in [-0.3, -0.25) is 4.68 Å². The fourth-order valence-corrected chi connectivity index (χ4v) is 2.61. The van der Waals surface area contributed by atoms with Crippen LogP contribution in [0.4, 0.5) is 0 Å². The number of aromatic nitrogens is 3. The van der Waals surface area contributed by atoms with Gasteiger partial charge in [-0.25, -0.2) is 0 Å². The van der Waals surface area contributed by atoms with E-state index in [-0.39, 0.29) is 0 Å². The molecular weight excluding hydrogens is 260 g/mol. The maximum absolute atomic E-state index is 4.25. The maximum atomic E-state index is 4.25.